The molecule has 0 aliphatic rings. The topological polar surface area (TPSA) is 94.2 Å². The molecule has 0 bridgehead atoms. The van der Waals surface area contributed by atoms with Gasteiger partial charge in [-0.05, 0) is 40.2 Å². The van der Waals surface area contributed by atoms with Gasteiger partial charge < -0.3 is 9.88 Å². The summed E-state index contributed by atoms with van der Waals surface area (Å²) < 4.78 is 38.4. The van der Waals surface area contributed by atoms with E-state index in [0.29, 0.717) is 4.47 Å². The fraction of sp³-hybridized carbons (Fsp3) is 0.0833. The third kappa shape index (κ3) is 3.49. The van der Waals surface area contributed by atoms with Gasteiger partial charge >= 0.3 is 0 Å². The maximum atomic E-state index is 13.3. The molecular weight excluding hydrogens is 365 g/mol. The lowest BCUT2D eigenvalue weighted by atomic mass is 10.3. The summed E-state index contributed by atoms with van der Waals surface area (Å²) in [6, 6.07) is 4.40. The molecule has 1 aromatic carbocycles. The molecule has 0 fully saturated rings. The number of hydrogen-bond acceptors (Lipinski definition) is 3. The number of aryl methyl sites for hydroxylation is 1. The summed E-state index contributed by atoms with van der Waals surface area (Å²) in [6.45, 7) is 0. The van der Waals surface area contributed by atoms with E-state index in [4.69, 9.17) is 5.14 Å². The van der Waals surface area contributed by atoms with E-state index in [2.05, 4.69) is 21.2 Å². The Morgan fingerprint density at radius 2 is 2.05 bits per heavy atom. The van der Waals surface area contributed by atoms with Crippen molar-refractivity contribution in [2.45, 2.75) is 4.90 Å². The van der Waals surface area contributed by atoms with Gasteiger partial charge in [-0.2, -0.15) is 0 Å². The molecule has 0 aliphatic heterocycles. The Morgan fingerprint density at radius 3 is 2.57 bits per heavy atom. The Kier molecular flexibility index (Phi) is 4.17. The Balaban J connectivity index is 2.42. The number of carbonyl (C=O) groups is 1. The Bertz CT molecular complexity index is 817. The van der Waals surface area contributed by atoms with Crippen LogP contribution >= 0.6 is 15.9 Å². The molecule has 2 rings (SSSR count). The van der Waals surface area contributed by atoms with Gasteiger partial charge in [0.2, 0.25) is 10.0 Å². The summed E-state index contributed by atoms with van der Waals surface area (Å²) in [5.74, 6) is -1.27. The number of nitrogens with two attached hydrogens (primary N) is 1. The minimum atomic E-state index is -4.08. The molecule has 112 valence electrons. The number of benzene rings is 1. The zero-order valence-corrected chi connectivity index (χ0v) is 13.2. The normalized spacial score (nSPS) is 11.4. The first kappa shape index (κ1) is 15.7. The fourth-order valence-electron chi connectivity index (χ4n) is 1.78. The first-order valence-electron chi connectivity index (χ1n) is 5.64. The predicted octanol–water partition coefficient (Wildman–Crippen LogP) is 1.83. The van der Waals surface area contributed by atoms with Crippen LogP contribution in [0.3, 0.4) is 0 Å². The first-order valence-corrected chi connectivity index (χ1v) is 7.98. The molecule has 3 N–H and O–H groups in total. The first-order chi connectivity index (χ1) is 9.68. The summed E-state index contributed by atoms with van der Waals surface area (Å²) >= 11 is 3.22. The van der Waals surface area contributed by atoms with Gasteiger partial charge in [-0.3, -0.25) is 4.79 Å². The van der Waals surface area contributed by atoms with Gasteiger partial charge in [0.05, 0.1) is 5.69 Å². The van der Waals surface area contributed by atoms with Crippen molar-refractivity contribution in [2.75, 3.05) is 5.32 Å². The zero-order chi connectivity index (χ0) is 15.8. The maximum absolute atomic E-state index is 13.3. The number of carbonyl (C=O) groups excluding carboxylic acids is 1. The fourth-order valence-corrected chi connectivity index (χ4v) is 2.98. The third-order valence-electron chi connectivity index (χ3n) is 2.70. The number of primary sulfonamides is 1. The SMILES string of the molecule is Cn1cc(Br)cc1C(=O)Nc1cc(F)ccc1S(N)(=O)=O. The molecule has 0 aliphatic carbocycles. The van der Waals surface area contributed by atoms with Gasteiger partial charge in [0.15, 0.2) is 0 Å². The lowest BCUT2D eigenvalue weighted by Crippen LogP contribution is -2.20. The van der Waals surface area contributed by atoms with E-state index in [1.165, 1.54) is 4.57 Å². The Hall–Kier alpha value is -1.71. The van der Waals surface area contributed by atoms with Gasteiger partial charge in [-0.25, -0.2) is 17.9 Å². The van der Waals surface area contributed by atoms with Crippen molar-refractivity contribution in [3.05, 3.63) is 46.4 Å². The van der Waals surface area contributed by atoms with Crippen molar-refractivity contribution in [1.29, 1.82) is 0 Å². The average Bonchev–Trinajstić information content (AvgIpc) is 2.67. The van der Waals surface area contributed by atoms with E-state index in [-0.39, 0.29) is 16.3 Å². The molecular formula is C12H11BrFN3O3S. The van der Waals surface area contributed by atoms with Crippen molar-refractivity contribution in [1.82, 2.24) is 4.57 Å². The van der Waals surface area contributed by atoms with Crippen LogP contribution in [-0.2, 0) is 17.1 Å². The van der Waals surface area contributed by atoms with E-state index in [1.807, 2.05) is 0 Å². The molecule has 0 radical (unpaired) electrons. The smallest absolute Gasteiger partial charge is 0.272 e. The van der Waals surface area contributed by atoms with Crippen LogP contribution in [0, 0.1) is 5.82 Å². The molecule has 21 heavy (non-hydrogen) atoms. The number of sulfonamides is 1. The number of rotatable bonds is 3. The van der Waals surface area contributed by atoms with Gasteiger partial charge in [0, 0.05) is 17.7 Å². The number of hydrogen-bond donors (Lipinski definition) is 2. The van der Waals surface area contributed by atoms with E-state index in [0.717, 1.165) is 18.2 Å². The largest absolute Gasteiger partial charge is 0.345 e. The summed E-state index contributed by atoms with van der Waals surface area (Å²) in [6.07, 6.45) is 1.65. The van der Waals surface area contributed by atoms with Crippen LogP contribution < -0.4 is 10.5 Å². The van der Waals surface area contributed by atoms with E-state index in [1.54, 1.807) is 19.3 Å². The standard InChI is InChI=1S/C12H11BrFN3O3S/c1-17-6-7(13)4-10(17)12(18)16-9-5-8(14)2-3-11(9)21(15,19)20/h2-6H,1H3,(H,16,18)(H2,15,19,20). The highest BCUT2D eigenvalue weighted by molar-refractivity contribution is 9.10. The summed E-state index contributed by atoms with van der Waals surface area (Å²) in [5, 5.41) is 7.39. The summed E-state index contributed by atoms with van der Waals surface area (Å²) in [7, 11) is -2.44. The van der Waals surface area contributed by atoms with E-state index < -0.39 is 21.7 Å². The van der Waals surface area contributed by atoms with Crippen molar-refractivity contribution >= 4 is 37.5 Å². The van der Waals surface area contributed by atoms with Gasteiger partial charge in [0.1, 0.15) is 16.4 Å². The molecule has 9 heteroatoms. The maximum Gasteiger partial charge on any atom is 0.272 e. The lowest BCUT2D eigenvalue weighted by Gasteiger charge is -2.10. The van der Waals surface area contributed by atoms with Gasteiger partial charge in [-0.1, -0.05) is 0 Å². The molecule has 0 saturated heterocycles. The molecule has 6 nitrogen and oxygen atoms in total. The Morgan fingerprint density at radius 1 is 1.38 bits per heavy atom. The minimum absolute atomic E-state index is 0.208. The van der Waals surface area contributed by atoms with Crippen LogP contribution in [0.1, 0.15) is 10.5 Å². The second kappa shape index (κ2) is 5.58. The second-order valence-corrected chi connectivity index (χ2v) is 6.74. The number of nitrogens with one attached hydrogen (secondary N) is 1. The molecule has 0 atom stereocenters. The van der Waals surface area contributed by atoms with Crippen LogP contribution in [0.25, 0.3) is 0 Å². The van der Waals surface area contributed by atoms with Crippen LogP contribution in [0.2, 0.25) is 0 Å². The molecule has 1 aromatic heterocycles. The summed E-state index contributed by atoms with van der Waals surface area (Å²) in [5.41, 5.74) is 0.0614. The van der Waals surface area contributed by atoms with E-state index in [9.17, 15) is 17.6 Å². The number of halogens is 2. The van der Waals surface area contributed by atoms with Crippen molar-refractivity contribution in [2.24, 2.45) is 12.2 Å². The number of anilines is 1. The average molecular weight is 376 g/mol. The van der Waals surface area contributed by atoms with E-state index >= 15 is 0 Å². The number of amides is 1. The Labute approximate surface area is 128 Å². The third-order valence-corrected chi connectivity index (χ3v) is 4.10. The van der Waals surface area contributed by atoms with Crippen LogP contribution in [0.15, 0.2) is 39.8 Å². The second-order valence-electron chi connectivity index (χ2n) is 4.29. The molecule has 2 aromatic rings. The minimum Gasteiger partial charge on any atom is -0.345 e. The highest BCUT2D eigenvalue weighted by Crippen LogP contribution is 2.22. The van der Waals surface area contributed by atoms with Gasteiger partial charge in [0.25, 0.3) is 5.91 Å². The number of nitrogens with zero attached hydrogens (tertiary/aromatic N) is 1. The van der Waals surface area contributed by atoms with Crippen molar-refractivity contribution in [3.8, 4) is 0 Å². The molecule has 0 spiro atoms. The van der Waals surface area contributed by atoms with Crippen molar-refractivity contribution in [3.63, 3.8) is 0 Å². The molecule has 1 heterocycles. The van der Waals surface area contributed by atoms with Crippen molar-refractivity contribution < 1.29 is 17.6 Å². The summed E-state index contributed by atoms with van der Waals surface area (Å²) in [4.78, 5) is 11.8. The lowest BCUT2D eigenvalue weighted by molar-refractivity contribution is 0.101. The quantitative estimate of drug-likeness (QED) is 0.856. The highest BCUT2D eigenvalue weighted by atomic mass is 79.9. The predicted molar refractivity (Wildman–Crippen MR) is 78.8 cm³/mol. The van der Waals surface area contributed by atoms with Crippen LogP contribution in [0.4, 0.5) is 10.1 Å². The monoisotopic (exact) mass is 375 g/mol. The number of aromatic nitrogens is 1. The molecule has 0 saturated carbocycles. The zero-order valence-electron chi connectivity index (χ0n) is 10.8. The molecule has 0 unspecified atom stereocenters. The molecule has 1 amide bonds. The van der Waals surface area contributed by atoms with Crippen LogP contribution in [-0.4, -0.2) is 18.9 Å². The van der Waals surface area contributed by atoms with Crippen LogP contribution in [0.5, 0.6) is 0 Å². The van der Waals surface area contributed by atoms with Gasteiger partial charge in [-0.15, -0.1) is 0 Å². The highest BCUT2D eigenvalue weighted by Gasteiger charge is 2.18.